The second-order valence-electron chi connectivity index (χ2n) is 7.69. The molecule has 1 fully saturated rings. The summed E-state index contributed by atoms with van der Waals surface area (Å²) in [7, 11) is 0. The molecule has 1 nitrogen and oxygen atoms in total. The van der Waals surface area contributed by atoms with Gasteiger partial charge in [-0.3, -0.25) is 0 Å². The van der Waals surface area contributed by atoms with Gasteiger partial charge in [0, 0.05) is 28.2 Å². The fourth-order valence-corrected chi connectivity index (χ4v) is 4.47. The summed E-state index contributed by atoms with van der Waals surface area (Å²) in [6, 6.07) is 6.22. The maximum Gasteiger partial charge on any atom is 0.0465 e. The van der Waals surface area contributed by atoms with Crippen molar-refractivity contribution in [1.82, 2.24) is 5.32 Å². The molecule has 0 unspecified atom stereocenters. The van der Waals surface area contributed by atoms with Crippen LogP contribution in [0, 0.1) is 10.8 Å². The van der Waals surface area contributed by atoms with Crippen LogP contribution in [0.15, 0.2) is 18.2 Å². The van der Waals surface area contributed by atoms with Gasteiger partial charge in [-0.05, 0) is 42.2 Å². The average molecular weight is 314 g/mol. The first kappa shape index (κ1) is 16.1. The molecule has 2 rings (SSSR count). The van der Waals surface area contributed by atoms with Crippen molar-refractivity contribution < 1.29 is 0 Å². The molecule has 1 aromatic rings. The highest BCUT2D eigenvalue weighted by molar-refractivity contribution is 6.35. The summed E-state index contributed by atoms with van der Waals surface area (Å²) in [6.45, 7) is 10.2. The van der Waals surface area contributed by atoms with E-state index in [-0.39, 0.29) is 0 Å². The Bertz CT molecular complexity index is 444. The van der Waals surface area contributed by atoms with E-state index in [1.807, 2.05) is 18.2 Å². The second-order valence-corrected chi connectivity index (χ2v) is 8.51. The third-order valence-corrected chi connectivity index (χ3v) is 4.89. The van der Waals surface area contributed by atoms with E-state index in [4.69, 9.17) is 23.2 Å². The first-order valence-electron chi connectivity index (χ1n) is 7.35. The molecule has 0 heterocycles. The molecule has 20 heavy (non-hydrogen) atoms. The van der Waals surface area contributed by atoms with Crippen molar-refractivity contribution in [3.8, 4) is 0 Å². The molecule has 1 aliphatic rings. The Morgan fingerprint density at radius 1 is 1.05 bits per heavy atom. The minimum atomic E-state index is 0.393. The minimum Gasteiger partial charge on any atom is -0.310 e. The number of halogens is 2. The van der Waals surface area contributed by atoms with Crippen LogP contribution in [0.4, 0.5) is 0 Å². The largest absolute Gasteiger partial charge is 0.310 e. The van der Waals surface area contributed by atoms with Gasteiger partial charge in [0.15, 0.2) is 0 Å². The van der Waals surface area contributed by atoms with Gasteiger partial charge < -0.3 is 5.32 Å². The zero-order valence-electron chi connectivity index (χ0n) is 12.9. The molecule has 112 valence electrons. The van der Waals surface area contributed by atoms with Gasteiger partial charge in [-0.25, -0.2) is 0 Å². The van der Waals surface area contributed by atoms with Crippen molar-refractivity contribution in [2.75, 3.05) is 0 Å². The van der Waals surface area contributed by atoms with Crippen molar-refractivity contribution in [1.29, 1.82) is 0 Å². The van der Waals surface area contributed by atoms with Gasteiger partial charge in [0.2, 0.25) is 0 Å². The predicted octanol–water partition coefficient (Wildman–Crippen LogP) is 5.69. The SMILES string of the molecule is CC1(C)CC(NCc2c(Cl)cccc2Cl)CC(C)(C)C1. The van der Waals surface area contributed by atoms with Crippen LogP contribution in [-0.4, -0.2) is 6.04 Å². The Morgan fingerprint density at radius 2 is 1.55 bits per heavy atom. The van der Waals surface area contributed by atoms with Crippen molar-refractivity contribution >= 4 is 23.2 Å². The molecule has 0 aliphatic heterocycles. The van der Waals surface area contributed by atoms with Crippen LogP contribution in [0.2, 0.25) is 10.0 Å². The Kier molecular flexibility index (Phi) is 4.73. The van der Waals surface area contributed by atoms with E-state index >= 15 is 0 Å². The van der Waals surface area contributed by atoms with E-state index in [0.717, 1.165) is 22.2 Å². The molecular formula is C17H25Cl2N. The Hall–Kier alpha value is -0.240. The molecule has 0 saturated heterocycles. The molecule has 1 N–H and O–H groups in total. The van der Waals surface area contributed by atoms with Crippen LogP contribution in [-0.2, 0) is 6.54 Å². The summed E-state index contributed by atoms with van der Waals surface area (Å²) < 4.78 is 0. The fraction of sp³-hybridized carbons (Fsp3) is 0.647. The number of hydrogen-bond acceptors (Lipinski definition) is 1. The van der Waals surface area contributed by atoms with Gasteiger partial charge in [0.25, 0.3) is 0 Å². The van der Waals surface area contributed by atoms with Crippen LogP contribution in [0.5, 0.6) is 0 Å². The van der Waals surface area contributed by atoms with Crippen LogP contribution >= 0.6 is 23.2 Å². The summed E-state index contributed by atoms with van der Waals surface area (Å²) >= 11 is 12.5. The molecule has 0 spiro atoms. The van der Waals surface area contributed by atoms with Crippen LogP contribution < -0.4 is 5.32 Å². The lowest BCUT2D eigenvalue weighted by molar-refractivity contribution is 0.0845. The lowest BCUT2D eigenvalue weighted by Gasteiger charge is -2.45. The minimum absolute atomic E-state index is 0.393. The monoisotopic (exact) mass is 313 g/mol. The standard InChI is InChI=1S/C17H25Cl2N/c1-16(2)8-12(9-17(3,4)11-16)20-10-13-14(18)6-5-7-15(13)19/h5-7,12,20H,8-11H2,1-4H3. The number of benzene rings is 1. The Labute approximate surface area is 133 Å². The molecule has 0 radical (unpaired) electrons. The second kappa shape index (κ2) is 5.87. The maximum absolute atomic E-state index is 6.23. The molecule has 0 amide bonds. The van der Waals surface area contributed by atoms with E-state index in [9.17, 15) is 0 Å². The molecule has 1 aromatic carbocycles. The van der Waals surface area contributed by atoms with Gasteiger partial charge in [0.1, 0.15) is 0 Å². The molecule has 1 aliphatic carbocycles. The first-order chi connectivity index (χ1) is 9.19. The summed E-state index contributed by atoms with van der Waals surface area (Å²) in [4.78, 5) is 0. The van der Waals surface area contributed by atoms with Crippen molar-refractivity contribution in [2.45, 2.75) is 59.5 Å². The summed E-state index contributed by atoms with van der Waals surface area (Å²) in [5.41, 5.74) is 1.80. The normalized spacial score (nSPS) is 21.9. The van der Waals surface area contributed by atoms with E-state index < -0.39 is 0 Å². The molecular weight excluding hydrogens is 289 g/mol. The first-order valence-corrected chi connectivity index (χ1v) is 8.10. The van der Waals surface area contributed by atoms with Gasteiger partial charge >= 0.3 is 0 Å². The van der Waals surface area contributed by atoms with E-state index in [0.29, 0.717) is 16.9 Å². The number of rotatable bonds is 3. The summed E-state index contributed by atoms with van der Waals surface area (Å²) in [5, 5.41) is 5.16. The number of hydrogen-bond donors (Lipinski definition) is 1. The van der Waals surface area contributed by atoms with E-state index in [1.54, 1.807) is 0 Å². The highest BCUT2D eigenvalue weighted by Crippen LogP contribution is 2.45. The summed E-state index contributed by atoms with van der Waals surface area (Å²) in [6.07, 6.45) is 3.70. The topological polar surface area (TPSA) is 12.0 Å². The van der Waals surface area contributed by atoms with Crippen molar-refractivity contribution in [3.05, 3.63) is 33.8 Å². The summed E-state index contributed by atoms with van der Waals surface area (Å²) in [5.74, 6) is 0. The molecule has 0 aromatic heterocycles. The molecule has 0 bridgehead atoms. The number of nitrogens with one attached hydrogen (secondary N) is 1. The van der Waals surface area contributed by atoms with Crippen molar-refractivity contribution in [3.63, 3.8) is 0 Å². The van der Waals surface area contributed by atoms with Crippen LogP contribution in [0.3, 0.4) is 0 Å². The lowest BCUT2D eigenvalue weighted by atomic mass is 9.63. The van der Waals surface area contributed by atoms with Gasteiger partial charge in [-0.15, -0.1) is 0 Å². The van der Waals surface area contributed by atoms with E-state index in [1.165, 1.54) is 19.3 Å². The van der Waals surface area contributed by atoms with Crippen LogP contribution in [0.1, 0.15) is 52.5 Å². The van der Waals surface area contributed by atoms with Crippen LogP contribution in [0.25, 0.3) is 0 Å². The zero-order valence-corrected chi connectivity index (χ0v) is 14.4. The third kappa shape index (κ3) is 4.13. The van der Waals surface area contributed by atoms with Gasteiger partial charge in [0.05, 0.1) is 0 Å². The van der Waals surface area contributed by atoms with Gasteiger partial charge in [-0.1, -0.05) is 57.0 Å². The predicted molar refractivity (Wildman–Crippen MR) is 88.5 cm³/mol. The Morgan fingerprint density at radius 3 is 2.05 bits per heavy atom. The highest BCUT2D eigenvalue weighted by Gasteiger charge is 2.38. The average Bonchev–Trinajstić information content (AvgIpc) is 2.23. The highest BCUT2D eigenvalue weighted by atomic mass is 35.5. The smallest absolute Gasteiger partial charge is 0.0465 e. The Balaban J connectivity index is 2.04. The van der Waals surface area contributed by atoms with Gasteiger partial charge in [-0.2, -0.15) is 0 Å². The fourth-order valence-electron chi connectivity index (χ4n) is 3.94. The molecule has 1 saturated carbocycles. The molecule has 3 heteroatoms. The quantitative estimate of drug-likeness (QED) is 0.756. The molecule has 0 atom stereocenters. The lowest BCUT2D eigenvalue weighted by Crippen LogP contribution is -2.43. The van der Waals surface area contributed by atoms with E-state index in [2.05, 4.69) is 33.0 Å². The van der Waals surface area contributed by atoms with Crippen molar-refractivity contribution in [2.24, 2.45) is 10.8 Å². The maximum atomic E-state index is 6.23. The third-order valence-electron chi connectivity index (χ3n) is 4.18. The zero-order chi connectivity index (χ0) is 15.0.